The third-order valence-corrected chi connectivity index (χ3v) is 6.95. The van der Waals surface area contributed by atoms with Gasteiger partial charge >= 0.3 is 0 Å². The lowest BCUT2D eigenvalue weighted by atomic mass is 9.53. The lowest BCUT2D eigenvalue weighted by Gasteiger charge is -2.57. The molecule has 0 unspecified atom stereocenters. The molecule has 30 heavy (non-hydrogen) atoms. The Labute approximate surface area is 176 Å². The van der Waals surface area contributed by atoms with E-state index in [1.807, 2.05) is 6.07 Å². The van der Waals surface area contributed by atoms with Gasteiger partial charge in [-0.2, -0.15) is 0 Å². The van der Waals surface area contributed by atoms with Crippen molar-refractivity contribution < 1.29 is 9.53 Å². The standard InChI is InChI=1S/C22H28N6O2/c1-30-17-5-3-2-4-16(17)21(29)28-27-20-18(23)19(24-12-25-20)26-22-9-13-6-14(10-22)8-15(7-13)11-22/h2-5,12-15H,6-11,23H2,1H3,(H,28,29)(H2,24,25,26,27). The molecule has 6 rings (SSSR count). The van der Waals surface area contributed by atoms with Crippen LogP contribution >= 0.6 is 0 Å². The largest absolute Gasteiger partial charge is 0.496 e. The number of nitrogens with one attached hydrogen (secondary N) is 3. The number of aromatic nitrogens is 2. The van der Waals surface area contributed by atoms with Gasteiger partial charge in [0, 0.05) is 5.54 Å². The number of hydrogen-bond donors (Lipinski definition) is 4. The van der Waals surface area contributed by atoms with Crippen LogP contribution in [0.4, 0.5) is 17.3 Å². The van der Waals surface area contributed by atoms with Crippen LogP contribution in [-0.4, -0.2) is 28.5 Å². The van der Waals surface area contributed by atoms with Gasteiger partial charge in [-0.15, -0.1) is 0 Å². The minimum atomic E-state index is -0.332. The van der Waals surface area contributed by atoms with Gasteiger partial charge in [0.1, 0.15) is 17.8 Å². The second-order valence-electron chi connectivity index (χ2n) is 9.09. The zero-order chi connectivity index (χ0) is 20.7. The number of ether oxygens (including phenoxy) is 1. The maximum atomic E-state index is 12.5. The van der Waals surface area contributed by atoms with Crippen molar-refractivity contribution in [3.05, 3.63) is 36.2 Å². The van der Waals surface area contributed by atoms with Crippen molar-refractivity contribution in [2.24, 2.45) is 17.8 Å². The molecule has 0 aliphatic heterocycles. The maximum Gasteiger partial charge on any atom is 0.273 e. The first-order chi connectivity index (χ1) is 14.5. The Morgan fingerprint density at radius 2 is 1.70 bits per heavy atom. The van der Waals surface area contributed by atoms with Gasteiger partial charge in [-0.3, -0.25) is 15.6 Å². The number of para-hydroxylation sites is 1. The molecular formula is C22H28N6O2. The summed E-state index contributed by atoms with van der Waals surface area (Å²) in [5.41, 5.74) is 12.8. The van der Waals surface area contributed by atoms with E-state index in [-0.39, 0.29) is 11.4 Å². The summed E-state index contributed by atoms with van der Waals surface area (Å²) in [6, 6.07) is 7.03. The van der Waals surface area contributed by atoms with Crippen LogP contribution in [0.2, 0.25) is 0 Å². The molecule has 8 heteroatoms. The van der Waals surface area contributed by atoms with Crippen molar-refractivity contribution in [1.82, 2.24) is 15.4 Å². The lowest BCUT2D eigenvalue weighted by molar-refractivity contribution is 0.0106. The highest BCUT2D eigenvalue weighted by Crippen LogP contribution is 2.56. The molecule has 0 atom stereocenters. The van der Waals surface area contributed by atoms with E-state index in [1.54, 1.807) is 18.2 Å². The molecule has 1 aromatic carbocycles. The molecule has 0 radical (unpaired) electrons. The Morgan fingerprint density at radius 3 is 2.37 bits per heavy atom. The first kappa shape index (κ1) is 19.0. The molecule has 8 nitrogen and oxygen atoms in total. The Kier molecular flexibility index (Phi) is 4.64. The summed E-state index contributed by atoms with van der Waals surface area (Å²) in [7, 11) is 1.53. The molecular weight excluding hydrogens is 380 g/mol. The van der Waals surface area contributed by atoms with Crippen LogP contribution < -0.4 is 26.6 Å². The molecule has 4 bridgehead atoms. The highest BCUT2D eigenvalue weighted by atomic mass is 16.5. The predicted molar refractivity (Wildman–Crippen MR) is 115 cm³/mol. The summed E-state index contributed by atoms with van der Waals surface area (Å²) in [5.74, 6) is 3.65. The van der Waals surface area contributed by atoms with Crippen LogP contribution in [0.5, 0.6) is 5.75 Å². The summed E-state index contributed by atoms with van der Waals surface area (Å²) in [4.78, 5) is 21.2. The fourth-order valence-electron chi connectivity index (χ4n) is 6.13. The van der Waals surface area contributed by atoms with Gasteiger partial charge in [0.2, 0.25) is 0 Å². The molecule has 0 spiro atoms. The van der Waals surface area contributed by atoms with Crippen LogP contribution in [-0.2, 0) is 0 Å². The molecule has 5 N–H and O–H groups in total. The number of benzene rings is 1. The van der Waals surface area contributed by atoms with Crippen molar-refractivity contribution in [3.8, 4) is 5.75 Å². The molecule has 4 aliphatic rings. The number of methoxy groups -OCH3 is 1. The summed E-state index contributed by atoms with van der Waals surface area (Å²) >= 11 is 0. The minimum absolute atomic E-state index is 0.0924. The number of hydrazine groups is 1. The molecule has 2 aromatic rings. The SMILES string of the molecule is COc1ccccc1C(=O)NNc1ncnc(NC23CC4CC(CC(C4)C2)C3)c1N. The molecule has 4 fully saturated rings. The Bertz CT molecular complexity index is 927. The number of rotatable bonds is 6. The van der Waals surface area contributed by atoms with Crippen molar-refractivity contribution in [2.75, 3.05) is 23.6 Å². The van der Waals surface area contributed by atoms with Crippen LogP contribution in [0.3, 0.4) is 0 Å². The molecule has 4 saturated carbocycles. The normalized spacial score (nSPS) is 28.8. The fourth-order valence-corrected chi connectivity index (χ4v) is 6.13. The third-order valence-electron chi connectivity index (χ3n) is 6.95. The Morgan fingerprint density at radius 1 is 1.07 bits per heavy atom. The van der Waals surface area contributed by atoms with Crippen LogP contribution in [0.1, 0.15) is 48.9 Å². The van der Waals surface area contributed by atoms with Crippen molar-refractivity contribution >= 4 is 23.2 Å². The summed E-state index contributed by atoms with van der Waals surface area (Å²) in [5, 5.41) is 3.68. The minimum Gasteiger partial charge on any atom is -0.496 e. The van der Waals surface area contributed by atoms with Crippen LogP contribution in [0.25, 0.3) is 0 Å². The molecule has 0 saturated heterocycles. The average Bonchev–Trinajstić information content (AvgIpc) is 2.73. The summed E-state index contributed by atoms with van der Waals surface area (Å²) < 4.78 is 5.25. The number of nitrogens with two attached hydrogens (primary N) is 1. The van der Waals surface area contributed by atoms with Crippen LogP contribution in [0, 0.1) is 17.8 Å². The number of nitrogen functional groups attached to an aromatic ring is 1. The van der Waals surface area contributed by atoms with E-state index in [9.17, 15) is 4.79 Å². The summed E-state index contributed by atoms with van der Waals surface area (Å²) in [6.07, 6.45) is 9.17. The van der Waals surface area contributed by atoms with Gasteiger partial charge in [0.15, 0.2) is 11.6 Å². The van der Waals surface area contributed by atoms with E-state index >= 15 is 0 Å². The highest BCUT2D eigenvalue weighted by Gasteiger charge is 2.51. The van der Waals surface area contributed by atoms with Gasteiger partial charge in [-0.25, -0.2) is 9.97 Å². The topological polar surface area (TPSA) is 114 Å². The van der Waals surface area contributed by atoms with Gasteiger partial charge in [0.05, 0.1) is 12.7 Å². The van der Waals surface area contributed by atoms with Gasteiger partial charge < -0.3 is 15.8 Å². The summed E-state index contributed by atoms with van der Waals surface area (Å²) in [6.45, 7) is 0. The van der Waals surface area contributed by atoms with Crippen LogP contribution in [0.15, 0.2) is 30.6 Å². The van der Waals surface area contributed by atoms with Crippen molar-refractivity contribution in [1.29, 1.82) is 0 Å². The molecule has 158 valence electrons. The maximum absolute atomic E-state index is 12.5. The van der Waals surface area contributed by atoms with E-state index < -0.39 is 0 Å². The van der Waals surface area contributed by atoms with Gasteiger partial charge in [0.25, 0.3) is 5.91 Å². The van der Waals surface area contributed by atoms with Crippen molar-refractivity contribution in [3.63, 3.8) is 0 Å². The first-order valence-electron chi connectivity index (χ1n) is 10.6. The first-order valence-corrected chi connectivity index (χ1v) is 10.6. The second-order valence-corrected chi connectivity index (χ2v) is 9.09. The zero-order valence-electron chi connectivity index (χ0n) is 17.1. The van der Waals surface area contributed by atoms with E-state index in [1.165, 1.54) is 52.0 Å². The molecule has 1 heterocycles. The zero-order valence-corrected chi connectivity index (χ0v) is 17.1. The molecule has 4 aliphatic carbocycles. The van der Waals surface area contributed by atoms with E-state index in [0.29, 0.717) is 28.6 Å². The Hall–Kier alpha value is -3.03. The third kappa shape index (κ3) is 3.40. The highest BCUT2D eigenvalue weighted by molar-refractivity contribution is 5.97. The van der Waals surface area contributed by atoms with E-state index in [2.05, 4.69) is 26.1 Å². The quantitative estimate of drug-likeness (QED) is 0.543. The van der Waals surface area contributed by atoms with Gasteiger partial charge in [-0.1, -0.05) is 12.1 Å². The van der Waals surface area contributed by atoms with E-state index in [0.717, 1.165) is 17.8 Å². The predicted octanol–water partition coefficient (Wildman–Crippen LogP) is 3.21. The Balaban J connectivity index is 1.30. The number of nitrogens with zero attached hydrogens (tertiary/aromatic N) is 2. The second kappa shape index (κ2) is 7.34. The molecule has 1 aromatic heterocycles. The van der Waals surface area contributed by atoms with E-state index in [4.69, 9.17) is 10.5 Å². The smallest absolute Gasteiger partial charge is 0.273 e. The average molecular weight is 409 g/mol. The number of amides is 1. The van der Waals surface area contributed by atoms with Crippen molar-refractivity contribution in [2.45, 2.75) is 44.1 Å². The van der Waals surface area contributed by atoms with Gasteiger partial charge in [-0.05, 0) is 68.4 Å². The number of hydrogen-bond acceptors (Lipinski definition) is 7. The number of anilines is 3. The number of carbonyl (C=O) groups is 1. The number of carbonyl (C=O) groups excluding carboxylic acids is 1. The molecule has 1 amide bonds. The lowest BCUT2D eigenvalue weighted by Crippen LogP contribution is -2.55. The fraction of sp³-hybridized carbons (Fsp3) is 0.500. The monoisotopic (exact) mass is 408 g/mol.